The van der Waals surface area contributed by atoms with Crippen molar-refractivity contribution in [2.45, 2.75) is 0 Å². The van der Waals surface area contributed by atoms with Crippen LogP contribution in [-0.4, -0.2) is 18.8 Å². The van der Waals surface area contributed by atoms with Gasteiger partial charge in [0, 0.05) is 0 Å². The largest absolute Gasteiger partial charge is 1.00 e. The molecule has 0 aromatic carbocycles. The third-order valence-corrected chi connectivity index (χ3v) is 0. The second kappa shape index (κ2) is 15.8. The molecule has 0 N–H and O–H groups in total. The highest BCUT2D eigenvalue weighted by molar-refractivity contribution is 7.94. The summed E-state index contributed by atoms with van der Waals surface area (Å²) in [5.41, 5.74) is 0. The van der Waals surface area contributed by atoms with Crippen LogP contribution in [0, 0.1) is 0 Å². The van der Waals surface area contributed by atoms with Crippen molar-refractivity contribution >= 4 is 10.9 Å². The molecular formula is C3H9I3S-2. The Bertz CT molecular complexity index is 14.9. The van der Waals surface area contributed by atoms with Crippen LogP contribution in [0.4, 0.5) is 0 Å². The van der Waals surface area contributed by atoms with E-state index in [4.69, 9.17) is 0 Å². The van der Waals surface area contributed by atoms with Gasteiger partial charge < -0.3 is 71.9 Å². The second-order valence-electron chi connectivity index (χ2n) is 1.22. The lowest BCUT2D eigenvalue weighted by Gasteiger charge is -1.69. The van der Waals surface area contributed by atoms with Crippen molar-refractivity contribution in [3.8, 4) is 0 Å². The van der Waals surface area contributed by atoms with Crippen molar-refractivity contribution in [2.24, 2.45) is 0 Å². The molecule has 0 spiro atoms. The zero-order chi connectivity index (χ0) is 3.58. The smallest absolute Gasteiger partial charge is 0.0969 e. The predicted molar refractivity (Wildman–Crippen MR) is 25.1 cm³/mol. The first-order valence-corrected chi connectivity index (χ1v) is 3.67. The van der Waals surface area contributed by atoms with Gasteiger partial charge in [-0.15, -0.1) is 0 Å². The van der Waals surface area contributed by atoms with E-state index in [1.807, 2.05) is 0 Å². The first-order chi connectivity index (χ1) is 1.73. The number of hydrogen-bond acceptors (Lipinski definition) is 0. The molecule has 0 unspecified atom stereocenters. The molecule has 0 fully saturated rings. The molecule has 0 heterocycles. The Balaban J connectivity index is -0.0000000150. The monoisotopic (exact) mass is 458 g/mol. The summed E-state index contributed by atoms with van der Waals surface area (Å²) in [7, 11) is 0.639. The maximum Gasteiger partial charge on any atom is 0.0969 e. The van der Waals surface area contributed by atoms with Gasteiger partial charge in [-0.05, 0) is 10.9 Å². The zero-order valence-corrected chi connectivity index (χ0v) is 11.8. The molecule has 0 atom stereocenters. The Morgan fingerprint density at radius 1 is 0.714 bits per heavy atom. The summed E-state index contributed by atoms with van der Waals surface area (Å²) >= 11 is 0. The molecule has 0 aliphatic rings. The first kappa shape index (κ1) is 22.7. The average molecular weight is 458 g/mol. The van der Waals surface area contributed by atoms with E-state index in [1.54, 1.807) is 0 Å². The highest BCUT2D eigenvalue weighted by atomic mass is 127. The zero-order valence-electron chi connectivity index (χ0n) is 4.54. The third kappa shape index (κ3) is 56.6. The molecule has 0 aromatic heterocycles. The first-order valence-electron chi connectivity index (χ1n) is 1.22. The molecule has 0 saturated carbocycles. The molecule has 0 aromatic rings. The van der Waals surface area contributed by atoms with E-state index in [-0.39, 0.29) is 71.9 Å². The highest BCUT2D eigenvalue weighted by Gasteiger charge is 1.77. The van der Waals surface area contributed by atoms with Crippen molar-refractivity contribution in [1.82, 2.24) is 0 Å². The van der Waals surface area contributed by atoms with Crippen LogP contribution < -0.4 is 71.9 Å². The maximum absolute atomic E-state index is 2.19. The van der Waals surface area contributed by atoms with E-state index in [2.05, 4.69) is 18.8 Å². The van der Waals surface area contributed by atoms with Crippen molar-refractivity contribution in [3.63, 3.8) is 0 Å². The topological polar surface area (TPSA) is 0 Å². The van der Waals surface area contributed by atoms with E-state index in [1.165, 1.54) is 0 Å². The van der Waals surface area contributed by atoms with Crippen LogP contribution in [0.3, 0.4) is 0 Å². The van der Waals surface area contributed by atoms with Crippen molar-refractivity contribution in [3.05, 3.63) is 0 Å². The lowest BCUT2D eigenvalue weighted by Crippen LogP contribution is -3.00. The Labute approximate surface area is 100.0 Å². The quantitative estimate of drug-likeness (QED) is 0.250. The Morgan fingerprint density at radius 3 is 0.714 bits per heavy atom. The fraction of sp³-hybridized carbons (Fsp3) is 1.00. The standard InChI is InChI=1S/C3H9S.3HI/c1-4(2)3;;;/h1-3H3;3*1H/q+1;;;/p-3. The van der Waals surface area contributed by atoms with Crippen LogP contribution in [0.5, 0.6) is 0 Å². The molecule has 0 aliphatic carbocycles. The summed E-state index contributed by atoms with van der Waals surface area (Å²) in [5.74, 6) is 0. The third-order valence-electron chi connectivity index (χ3n) is 0. The van der Waals surface area contributed by atoms with E-state index in [0.29, 0.717) is 10.9 Å². The summed E-state index contributed by atoms with van der Waals surface area (Å²) < 4.78 is 0. The number of hydrogen-bond donors (Lipinski definition) is 0. The second-order valence-corrected chi connectivity index (χ2v) is 3.67. The summed E-state index contributed by atoms with van der Waals surface area (Å²) in [6, 6.07) is 0. The molecule has 0 saturated heterocycles. The molecule has 0 nitrogen and oxygen atoms in total. The minimum Gasteiger partial charge on any atom is -1.00 e. The molecule has 0 amide bonds. The molecule has 0 rings (SSSR count). The lowest BCUT2D eigenvalue weighted by molar-refractivity contribution is -0.00100. The van der Waals surface area contributed by atoms with Gasteiger partial charge in [0.25, 0.3) is 0 Å². The Kier molecular flexibility index (Phi) is 51.2. The van der Waals surface area contributed by atoms with Crippen molar-refractivity contribution < 1.29 is 71.9 Å². The van der Waals surface area contributed by atoms with Gasteiger partial charge in [-0.2, -0.15) is 0 Å². The van der Waals surface area contributed by atoms with Crippen LogP contribution in [0.25, 0.3) is 0 Å². The van der Waals surface area contributed by atoms with Crippen molar-refractivity contribution in [2.75, 3.05) is 18.8 Å². The van der Waals surface area contributed by atoms with Gasteiger partial charge in [0.2, 0.25) is 0 Å². The summed E-state index contributed by atoms with van der Waals surface area (Å²) in [4.78, 5) is 0. The van der Waals surface area contributed by atoms with Crippen LogP contribution >= 0.6 is 0 Å². The maximum atomic E-state index is 2.19. The molecule has 7 heavy (non-hydrogen) atoms. The van der Waals surface area contributed by atoms with E-state index >= 15 is 0 Å². The van der Waals surface area contributed by atoms with E-state index in [0.717, 1.165) is 0 Å². The van der Waals surface area contributed by atoms with Gasteiger partial charge >= 0.3 is 0 Å². The Morgan fingerprint density at radius 2 is 0.714 bits per heavy atom. The molecule has 4 heteroatoms. The van der Waals surface area contributed by atoms with Gasteiger partial charge in [-0.1, -0.05) is 0 Å². The van der Waals surface area contributed by atoms with Gasteiger partial charge in [0.1, 0.15) is 0 Å². The summed E-state index contributed by atoms with van der Waals surface area (Å²) in [6.07, 6.45) is 6.58. The summed E-state index contributed by atoms with van der Waals surface area (Å²) in [5, 5.41) is 0. The molecule has 0 bridgehead atoms. The van der Waals surface area contributed by atoms with Gasteiger partial charge in [-0.3, -0.25) is 0 Å². The van der Waals surface area contributed by atoms with Crippen molar-refractivity contribution in [1.29, 1.82) is 0 Å². The predicted octanol–water partition coefficient (Wildman–Crippen LogP) is -8.49. The minimum atomic E-state index is 0. The van der Waals surface area contributed by atoms with Gasteiger partial charge in [-0.25, -0.2) is 0 Å². The van der Waals surface area contributed by atoms with Gasteiger partial charge in [0.15, 0.2) is 0 Å². The SMILES string of the molecule is C[S+](C)C.[I-].[I-].[I-]. The van der Waals surface area contributed by atoms with Crippen LogP contribution in [0.1, 0.15) is 0 Å². The molecule has 50 valence electrons. The molecule has 0 aliphatic heterocycles. The van der Waals surface area contributed by atoms with E-state index < -0.39 is 0 Å². The molecular weight excluding hydrogens is 449 g/mol. The number of rotatable bonds is 0. The van der Waals surface area contributed by atoms with E-state index in [9.17, 15) is 0 Å². The summed E-state index contributed by atoms with van der Waals surface area (Å²) in [6.45, 7) is 0. The van der Waals surface area contributed by atoms with Crippen LogP contribution in [0.2, 0.25) is 0 Å². The molecule has 0 radical (unpaired) electrons. The fourth-order valence-electron chi connectivity index (χ4n) is 0. The highest BCUT2D eigenvalue weighted by Crippen LogP contribution is 1.63. The van der Waals surface area contributed by atoms with Crippen LogP contribution in [-0.2, 0) is 10.9 Å². The Hall–Kier alpha value is 2.54. The number of halogens is 3. The van der Waals surface area contributed by atoms with Crippen LogP contribution in [0.15, 0.2) is 0 Å². The normalized spacial score (nSPS) is 5.14. The van der Waals surface area contributed by atoms with Gasteiger partial charge in [0.05, 0.1) is 18.8 Å². The fourth-order valence-corrected chi connectivity index (χ4v) is 0. The minimum absolute atomic E-state index is 0. The lowest BCUT2D eigenvalue weighted by atomic mass is 11.9. The average Bonchev–Trinajstić information content (AvgIpc) is 0.811.